The number of carbonyl (C=O) groups excluding carboxylic acids is 1. The van der Waals surface area contributed by atoms with Crippen molar-refractivity contribution in [3.8, 4) is 0 Å². The summed E-state index contributed by atoms with van der Waals surface area (Å²) in [5.74, 6) is -0.0310. The fourth-order valence-electron chi connectivity index (χ4n) is 3.59. The quantitative estimate of drug-likeness (QED) is 0.760. The summed E-state index contributed by atoms with van der Waals surface area (Å²) in [6, 6.07) is 20.0. The lowest BCUT2D eigenvalue weighted by molar-refractivity contribution is 0.0949. The number of para-hydroxylation sites is 1. The van der Waals surface area contributed by atoms with Crippen LogP contribution < -0.4 is 10.2 Å². The zero-order chi connectivity index (χ0) is 18.5. The number of carbonyl (C=O) groups is 1. The van der Waals surface area contributed by atoms with Crippen molar-refractivity contribution in [3.05, 3.63) is 72.4 Å². The summed E-state index contributed by atoms with van der Waals surface area (Å²) in [6.07, 6.45) is 1.75. The number of benzene rings is 2. The molecule has 0 spiro atoms. The second kappa shape index (κ2) is 8.18. The van der Waals surface area contributed by atoms with E-state index in [2.05, 4.69) is 50.4 Å². The van der Waals surface area contributed by atoms with Gasteiger partial charge in [-0.1, -0.05) is 30.3 Å². The molecule has 3 aromatic rings. The van der Waals surface area contributed by atoms with E-state index in [1.165, 1.54) is 5.69 Å². The number of nitrogens with one attached hydrogen (secondary N) is 1. The Labute approximate surface area is 159 Å². The molecule has 0 atom stereocenters. The summed E-state index contributed by atoms with van der Waals surface area (Å²) in [7, 11) is 0. The van der Waals surface area contributed by atoms with Crippen LogP contribution in [0.2, 0.25) is 0 Å². The van der Waals surface area contributed by atoms with Crippen LogP contribution in [-0.2, 0) is 0 Å². The highest BCUT2D eigenvalue weighted by molar-refractivity contribution is 6.06. The molecule has 0 radical (unpaired) electrons. The fraction of sp³-hybridized carbons (Fsp3) is 0.273. The SMILES string of the molecule is O=C(NCCN1CCN(c2ccccc2)CC1)c1cccc2ncccc12. The standard InChI is InChI=1S/C22H24N4O/c27-22(20-8-4-10-21-19(20)9-5-11-23-21)24-12-13-25-14-16-26(17-15-25)18-6-2-1-3-7-18/h1-11H,12-17H2,(H,24,27). The van der Waals surface area contributed by atoms with Crippen LogP contribution in [0, 0.1) is 0 Å². The van der Waals surface area contributed by atoms with Crippen molar-refractivity contribution < 1.29 is 4.79 Å². The predicted molar refractivity (Wildman–Crippen MR) is 109 cm³/mol. The molecule has 138 valence electrons. The third-order valence-electron chi connectivity index (χ3n) is 5.10. The Morgan fingerprint density at radius 2 is 1.74 bits per heavy atom. The maximum absolute atomic E-state index is 12.6. The number of aromatic nitrogens is 1. The van der Waals surface area contributed by atoms with Crippen LogP contribution in [0.15, 0.2) is 66.9 Å². The Bertz CT molecular complexity index is 899. The van der Waals surface area contributed by atoms with Gasteiger partial charge in [-0.3, -0.25) is 14.7 Å². The molecule has 5 nitrogen and oxygen atoms in total. The monoisotopic (exact) mass is 360 g/mol. The van der Waals surface area contributed by atoms with Crippen molar-refractivity contribution in [2.24, 2.45) is 0 Å². The highest BCUT2D eigenvalue weighted by Gasteiger charge is 2.17. The molecule has 5 heteroatoms. The molecular formula is C22H24N4O. The molecule has 0 unspecified atom stereocenters. The summed E-state index contributed by atoms with van der Waals surface area (Å²) in [5, 5.41) is 3.96. The number of hydrogen-bond acceptors (Lipinski definition) is 4. The van der Waals surface area contributed by atoms with Crippen molar-refractivity contribution in [2.75, 3.05) is 44.2 Å². The first kappa shape index (κ1) is 17.5. The summed E-state index contributed by atoms with van der Waals surface area (Å²) < 4.78 is 0. The summed E-state index contributed by atoms with van der Waals surface area (Å²) in [5.41, 5.74) is 2.83. The molecule has 0 saturated carbocycles. The number of nitrogens with zero attached hydrogens (tertiary/aromatic N) is 3. The van der Waals surface area contributed by atoms with Gasteiger partial charge in [-0.25, -0.2) is 0 Å². The largest absolute Gasteiger partial charge is 0.369 e. The number of pyridine rings is 1. The molecule has 1 aliphatic rings. The molecule has 2 heterocycles. The van der Waals surface area contributed by atoms with Gasteiger partial charge in [0.15, 0.2) is 0 Å². The lowest BCUT2D eigenvalue weighted by Gasteiger charge is -2.36. The highest BCUT2D eigenvalue weighted by Crippen LogP contribution is 2.17. The second-order valence-electron chi connectivity index (χ2n) is 6.80. The van der Waals surface area contributed by atoms with Crippen LogP contribution in [-0.4, -0.2) is 55.1 Å². The van der Waals surface area contributed by atoms with E-state index in [-0.39, 0.29) is 5.91 Å². The highest BCUT2D eigenvalue weighted by atomic mass is 16.1. The van der Waals surface area contributed by atoms with Crippen LogP contribution in [0.3, 0.4) is 0 Å². The van der Waals surface area contributed by atoms with E-state index in [1.807, 2.05) is 30.3 Å². The van der Waals surface area contributed by atoms with Gasteiger partial charge in [-0.15, -0.1) is 0 Å². The maximum atomic E-state index is 12.6. The Kier molecular flexibility index (Phi) is 5.30. The van der Waals surface area contributed by atoms with Crippen LogP contribution in [0.5, 0.6) is 0 Å². The number of anilines is 1. The predicted octanol–water partition coefficient (Wildman–Crippen LogP) is 2.79. The molecule has 4 rings (SSSR count). The van der Waals surface area contributed by atoms with Gasteiger partial charge < -0.3 is 10.2 Å². The van der Waals surface area contributed by atoms with Crippen molar-refractivity contribution in [2.45, 2.75) is 0 Å². The van der Waals surface area contributed by atoms with Crippen LogP contribution in [0.4, 0.5) is 5.69 Å². The Morgan fingerprint density at radius 3 is 2.56 bits per heavy atom. The summed E-state index contributed by atoms with van der Waals surface area (Å²) >= 11 is 0. The van der Waals surface area contributed by atoms with E-state index in [0.29, 0.717) is 12.1 Å². The molecule has 1 amide bonds. The van der Waals surface area contributed by atoms with Gasteiger partial charge in [0, 0.05) is 62.1 Å². The lowest BCUT2D eigenvalue weighted by Crippen LogP contribution is -2.48. The average Bonchev–Trinajstić information content (AvgIpc) is 2.74. The molecule has 1 fully saturated rings. The van der Waals surface area contributed by atoms with Gasteiger partial charge in [0.25, 0.3) is 5.91 Å². The summed E-state index contributed by atoms with van der Waals surface area (Å²) in [6.45, 7) is 5.60. The van der Waals surface area contributed by atoms with Gasteiger partial charge in [0.05, 0.1) is 5.52 Å². The smallest absolute Gasteiger partial charge is 0.252 e. The van der Waals surface area contributed by atoms with Crippen molar-refractivity contribution in [1.29, 1.82) is 0 Å². The van der Waals surface area contributed by atoms with E-state index in [0.717, 1.165) is 43.6 Å². The number of piperazine rings is 1. The number of amides is 1. The van der Waals surface area contributed by atoms with Crippen molar-refractivity contribution in [1.82, 2.24) is 15.2 Å². The third-order valence-corrected chi connectivity index (χ3v) is 5.10. The molecule has 1 aromatic heterocycles. The molecule has 1 aliphatic heterocycles. The van der Waals surface area contributed by atoms with Gasteiger partial charge in [-0.2, -0.15) is 0 Å². The van der Waals surface area contributed by atoms with Crippen molar-refractivity contribution >= 4 is 22.5 Å². The molecule has 1 saturated heterocycles. The first-order valence-corrected chi connectivity index (χ1v) is 9.45. The molecule has 0 bridgehead atoms. The van der Waals surface area contributed by atoms with E-state index >= 15 is 0 Å². The van der Waals surface area contributed by atoms with E-state index in [1.54, 1.807) is 6.20 Å². The number of hydrogen-bond donors (Lipinski definition) is 1. The zero-order valence-corrected chi connectivity index (χ0v) is 15.3. The van der Waals surface area contributed by atoms with Gasteiger partial charge in [0.2, 0.25) is 0 Å². The first-order chi connectivity index (χ1) is 13.3. The van der Waals surface area contributed by atoms with Crippen LogP contribution >= 0.6 is 0 Å². The minimum Gasteiger partial charge on any atom is -0.369 e. The Balaban J connectivity index is 1.27. The third kappa shape index (κ3) is 4.09. The Hall–Kier alpha value is -2.92. The first-order valence-electron chi connectivity index (χ1n) is 9.45. The van der Waals surface area contributed by atoms with Gasteiger partial charge in [0.1, 0.15) is 0 Å². The second-order valence-corrected chi connectivity index (χ2v) is 6.80. The van der Waals surface area contributed by atoms with E-state index < -0.39 is 0 Å². The maximum Gasteiger partial charge on any atom is 0.252 e. The fourth-order valence-corrected chi connectivity index (χ4v) is 3.59. The molecule has 0 aliphatic carbocycles. The minimum absolute atomic E-state index is 0.0310. The summed E-state index contributed by atoms with van der Waals surface area (Å²) in [4.78, 5) is 21.7. The number of fused-ring (bicyclic) bond motifs is 1. The van der Waals surface area contributed by atoms with Crippen molar-refractivity contribution in [3.63, 3.8) is 0 Å². The van der Waals surface area contributed by atoms with Crippen LogP contribution in [0.1, 0.15) is 10.4 Å². The topological polar surface area (TPSA) is 48.5 Å². The van der Waals surface area contributed by atoms with Gasteiger partial charge >= 0.3 is 0 Å². The lowest BCUT2D eigenvalue weighted by atomic mass is 10.1. The minimum atomic E-state index is -0.0310. The van der Waals surface area contributed by atoms with Gasteiger partial charge in [-0.05, 0) is 30.3 Å². The molecule has 2 aromatic carbocycles. The average molecular weight is 360 g/mol. The van der Waals surface area contributed by atoms with E-state index in [9.17, 15) is 4.79 Å². The normalized spacial score (nSPS) is 15.0. The Morgan fingerprint density at radius 1 is 0.926 bits per heavy atom. The van der Waals surface area contributed by atoms with Crippen LogP contribution in [0.25, 0.3) is 10.9 Å². The molecular weight excluding hydrogens is 336 g/mol. The molecule has 1 N–H and O–H groups in total. The molecule has 27 heavy (non-hydrogen) atoms. The zero-order valence-electron chi connectivity index (χ0n) is 15.3. The number of rotatable bonds is 5. The van der Waals surface area contributed by atoms with E-state index in [4.69, 9.17) is 0 Å².